The highest BCUT2D eigenvalue weighted by atomic mass is 32.1. The minimum atomic E-state index is -0.358. The number of anilines is 1. The van der Waals surface area contributed by atoms with Gasteiger partial charge in [-0.1, -0.05) is 12.1 Å². The monoisotopic (exact) mass is 437 g/mol. The zero-order chi connectivity index (χ0) is 21.4. The fourth-order valence-electron chi connectivity index (χ4n) is 3.94. The van der Waals surface area contributed by atoms with Crippen LogP contribution in [0, 0.1) is 0 Å². The SMILES string of the molecule is CNCCNC(=O)c1c(=O)c2ccc(N3CCOCC3)nc2n2c1sc1ccccc12. The number of hydrogen-bond acceptors (Lipinski definition) is 7. The van der Waals surface area contributed by atoms with Crippen molar-refractivity contribution in [2.75, 3.05) is 51.3 Å². The first-order valence-corrected chi connectivity index (χ1v) is 11.1. The van der Waals surface area contributed by atoms with E-state index in [1.54, 1.807) is 6.07 Å². The maximum absolute atomic E-state index is 13.4. The Balaban J connectivity index is 1.77. The lowest BCUT2D eigenvalue weighted by Gasteiger charge is -2.27. The summed E-state index contributed by atoms with van der Waals surface area (Å²) in [6, 6.07) is 11.6. The minimum Gasteiger partial charge on any atom is -0.378 e. The molecular formula is C22H23N5O3S. The van der Waals surface area contributed by atoms with E-state index in [-0.39, 0.29) is 16.9 Å². The highest BCUT2D eigenvalue weighted by Crippen LogP contribution is 2.31. The number of nitrogens with one attached hydrogen (secondary N) is 2. The number of para-hydroxylation sites is 1. The van der Waals surface area contributed by atoms with Crippen LogP contribution in [0.15, 0.2) is 41.2 Å². The van der Waals surface area contributed by atoms with Crippen molar-refractivity contribution in [3.8, 4) is 0 Å². The van der Waals surface area contributed by atoms with Gasteiger partial charge in [-0.2, -0.15) is 0 Å². The fraction of sp³-hybridized carbons (Fsp3) is 0.318. The van der Waals surface area contributed by atoms with E-state index in [0.29, 0.717) is 42.2 Å². The second kappa shape index (κ2) is 8.26. The molecule has 2 N–H and O–H groups in total. The first-order chi connectivity index (χ1) is 15.2. The van der Waals surface area contributed by atoms with E-state index in [1.165, 1.54) is 11.3 Å². The Bertz CT molecular complexity index is 1340. The predicted molar refractivity (Wildman–Crippen MR) is 124 cm³/mol. The van der Waals surface area contributed by atoms with Crippen LogP contribution < -0.4 is 21.0 Å². The lowest BCUT2D eigenvalue weighted by atomic mass is 10.1. The second-order valence-electron chi connectivity index (χ2n) is 7.41. The fourth-order valence-corrected chi connectivity index (χ4v) is 5.12. The summed E-state index contributed by atoms with van der Waals surface area (Å²) in [5.74, 6) is 0.453. The van der Waals surface area contributed by atoms with E-state index in [4.69, 9.17) is 9.72 Å². The van der Waals surface area contributed by atoms with Crippen LogP contribution in [0.1, 0.15) is 10.4 Å². The van der Waals surface area contributed by atoms with Crippen molar-refractivity contribution in [2.24, 2.45) is 0 Å². The van der Waals surface area contributed by atoms with E-state index in [1.807, 2.05) is 41.8 Å². The number of likely N-dealkylation sites (N-methyl/N-ethyl adjacent to an activating group) is 1. The Morgan fingerprint density at radius 3 is 2.77 bits per heavy atom. The number of hydrogen-bond donors (Lipinski definition) is 2. The molecule has 0 spiro atoms. The van der Waals surface area contributed by atoms with Gasteiger partial charge in [-0.05, 0) is 31.3 Å². The molecule has 0 bridgehead atoms. The molecule has 0 aliphatic carbocycles. The second-order valence-corrected chi connectivity index (χ2v) is 8.44. The average molecular weight is 438 g/mol. The lowest BCUT2D eigenvalue weighted by Crippen LogP contribution is -2.37. The number of thiazole rings is 1. The largest absolute Gasteiger partial charge is 0.378 e. The van der Waals surface area contributed by atoms with Gasteiger partial charge in [-0.15, -0.1) is 11.3 Å². The van der Waals surface area contributed by atoms with Crippen LogP contribution in [0.4, 0.5) is 5.82 Å². The molecule has 3 aromatic heterocycles. The van der Waals surface area contributed by atoms with Crippen LogP contribution in [0.25, 0.3) is 26.1 Å². The minimum absolute atomic E-state index is 0.172. The van der Waals surface area contributed by atoms with Gasteiger partial charge in [0.05, 0.1) is 28.8 Å². The maximum atomic E-state index is 13.4. The third-order valence-electron chi connectivity index (χ3n) is 5.50. The molecule has 8 nitrogen and oxygen atoms in total. The summed E-state index contributed by atoms with van der Waals surface area (Å²) in [6.45, 7) is 3.89. The molecule has 4 aromatic rings. The van der Waals surface area contributed by atoms with Crippen molar-refractivity contribution in [1.29, 1.82) is 0 Å². The van der Waals surface area contributed by atoms with Gasteiger partial charge in [0.2, 0.25) is 5.43 Å². The van der Waals surface area contributed by atoms with E-state index >= 15 is 0 Å². The highest BCUT2D eigenvalue weighted by molar-refractivity contribution is 7.24. The van der Waals surface area contributed by atoms with Gasteiger partial charge in [0, 0.05) is 26.2 Å². The van der Waals surface area contributed by atoms with Crippen molar-refractivity contribution in [3.05, 3.63) is 52.2 Å². The molecule has 31 heavy (non-hydrogen) atoms. The first-order valence-electron chi connectivity index (χ1n) is 10.3. The number of morpholine rings is 1. The van der Waals surface area contributed by atoms with Gasteiger partial charge in [0.25, 0.3) is 5.91 Å². The van der Waals surface area contributed by atoms with Crippen LogP contribution in [-0.4, -0.2) is 61.7 Å². The van der Waals surface area contributed by atoms with Crippen LogP contribution in [0.3, 0.4) is 0 Å². The molecule has 1 aromatic carbocycles. The zero-order valence-corrected chi connectivity index (χ0v) is 18.0. The summed E-state index contributed by atoms with van der Waals surface area (Å²) in [4.78, 5) is 34.1. The maximum Gasteiger partial charge on any atom is 0.258 e. The van der Waals surface area contributed by atoms with Crippen molar-refractivity contribution in [1.82, 2.24) is 20.0 Å². The number of carbonyl (C=O) groups excluding carboxylic acids is 1. The Kier molecular flexibility index (Phi) is 5.31. The molecular weight excluding hydrogens is 414 g/mol. The van der Waals surface area contributed by atoms with Crippen molar-refractivity contribution in [2.45, 2.75) is 0 Å². The topological polar surface area (TPSA) is 88.0 Å². The van der Waals surface area contributed by atoms with E-state index in [0.717, 1.165) is 29.1 Å². The Hall–Kier alpha value is -3.01. The molecule has 1 aliphatic heterocycles. The number of aromatic nitrogens is 2. The molecule has 0 atom stereocenters. The number of benzene rings is 1. The third-order valence-corrected chi connectivity index (χ3v) is 6.64. The summed E-state index contributed by atoms with van der Waals surface area (Å²) in [6.07, 6.45) is 0. The summed E-state index contributed by atoms with van der Waals surface area (Å²) in [7, 11) is 1.82. The van der Waals surface area contributed by atoms with Crippen LogP contribution in [-0.2, 0) is 4.74 Å². The highest BCUT2D eigenvalue weighted by Gasteiger charge is 2.23. The quantitative estimate of drug-likeness (QED) is 0.464. The summed E-state index contributed by atoms with van der Waals surface area (Å²) in [5.41, 5.74) is 1.40. The number of ether oxygens (including phenoxy) is 1. The Labute approximate surface area is 182 Å². The summed E-state index contributed by atoms with van der Waals surface area (Å²) in [5, 5.41) is 6.29. The molecule has 160 valence electrons. The molecule has 0 unspecified atom stereocenters. The van der Waals surface area contributed by atoms with E-state index in [2.05, 4.69) is 15.5 Å². The van der Waals surface area contributed by atoms with Crippen LogP contribution >= 0.6 is 11.3 Å². The van der Waals surface area contributed by atoms with Crippen LogP contribution in [0.5, 0.6) is 0 Å². The molecule has 0 radical (unpaired) electrons. The number of nitrogens with zero attached hydrogens (tertiary/aromatic N) is 3. The molecule has 1 amide bonds. The lowest BCUT2D eigenvalue weighted by molar-refractivity contribution is 0.0955. The Morgan fingerprint density at radius 2 is 1.97 bits per heavy atom. The van der Waals surface area contributed by atoms with Crippen molar-refractivity contribution < 1.29 is 9.53 Å². The standard InChI is InChI=1S/C22H23N5O3S/c1-23-8-9-24-21(29)18-19(28)14-6-7-17(26-10-12-30-13-11-26)25-20(14)27-15-4-2-3-5-16(15)31-22(18)27/h2-7,23H,8-13H2,1H3,(H,24,29). The number of amides is 1. The normalized spacial score (nSPS) is 14.5. The van der Waals surface area contributed by atoms with Gasteiger partial charge >= 0.3 is 0 Å². The number of carbonyl (C=O) groups is 1. The van der Waals surface area contributed by atoms with Crippen molar-refractivity contribution >= 4 is 49.1 Å². The van der Waals surface area contributed by atoms with Gasteiger partial charge in [-0.3, -0.25) is 14.0 Å². The van der Waals surface area contributed by atoms with Crippen molar-refractivity contribution in [3.63, 3.8) is 0 Å². The smallest absolute Gasteiger partial charge is 0.258 e. The summed E-state index contributed by atoms with van der Waals surface area (Å²) < 4.78 is 8.40. The van der Waals surface area contributed by atoms with E-state index in [9.17, 15) is 9.59 Å². The average Bonchev–Trinajstić information content (AvgIpc) is 3.19. The van der Waals surface area contributed by atoms with E-state index < -0.39 is 0 Å². The van der Waals surface area contributed by atoms with Gasteiger partial charge in [0.1, 0.15) is 16.2 Å². The predicted octanol–water partition coefficient (Wildman–Crippen LogP) is 1.85. The molecule has 0 saturated carbocycles. The van der Waals surface area contributed by atoms with Gasteiger partial charge in [-0.25, -0.2) is 4.98 Å². The van der Waals surface area contributed by atoms with Gasteiger partial charge in [0.15, 0.2) is 5.65 Å². The first kappa shape index (κ1) is 19.9. The molecule has 1 saturated heterocycles. The molecule has 4 heterocycles. The molecule has 1 aliphatic rings. The third kappa shape index (κ3) is 3.44. The number of fused-ring (bicyclic) bond motifs is 5. The van der Waals surface area contributed by atoms with Crippen LogP contribution in [0.2, 0.25) is 0 Å². The number of rotatable bonds is 5. The van der Waals surface area contributed by atoms with Gasteiger partial charge < -0.3 is 20.3 Å². The summed E-state index contributed by atoms with van der Waals surface area (Å²) >= 11 is 1.44. The zero-order valence-electron chi connectivity index (χ0n) is 17.2. The Morgan fingerprint density at radius 1 is 1.16 bits per heavy atom. The molecule has 1 fully saturated rings. The number of pyridine rings is 2. The molecule has 5 rings (SSSR count). The molecule has 9 heteroatoms.